The van der Waals surface area contributed by atoms with Gasteiger partial charge in [-0.15, -0.1) is 0 Å². The Bertz CT molecular complexity index is 2750. The predicted molar refractivity (Wildman–Crippen MR) is 184 cm³/mol. The van der Waals surface area contributed by atoms with Crippen LogP contribution in [-0.4, -0.2) is 9.55 Å². The van der Waals surface area contributed by atoms with Crippen molar-refractivity contribution in [2.45, 2.75) is 0 Å². The van der Waals surface area contributed by atoms with Gasteiger partial charge in [0.2, 0.25) is 0 Å². The first-order chi connectivity index (χ1) is 21.8. The van der Waals surface area contributed by atoms with Crippen LogP contribution in [0.3, 0.4) is 0 Å². The average Bonchev–Trinajstić information content (AvgIpc) is 3.67. The van der Waals surface area contributed by atoms with Gasteiger partial charge >= 0.3 is 0 Å². The number of aromatic nitrogens is 2. The van der Waals surface area contributed by atoms with E-state index in [4.69, 9.17) is 9.40 Å². The third-order valence-corrected chi connectivity index (χ3v) is 9.18. The Hall–Kier alpha value is -5.93. The zero-order valence-corrected chi connectivity index (χ0v) is 23.7. The van der Waals surface area contributed by atoms with E-state index in [0.29, 0.717) is 0 Å². The van der Waals surface area contributed by atoms with Crippen molar-refractivity contribution in [1.29, 1.82) is 0 Å². The molecule has 2 heterocycles. The highest BCUT2D eigenvalue weighted by Gasteiger charge is 2.21. The average molecular weight is 561 g/mol. The number of hydrogen-bond donors (Lipinski definition) is 0. The molecule has 0 bridgehead atoms. The van der Waals surface area contributed by atoms with E-state index in [0.717, 1.165) is 55.4 Å². The largest absolute Gasteiger partial charge is 0.455 e. The molecule has 0 aliphatic rings. The van der Waals surface area contributed by atoms with E-state index in [2.05, 4.69) is 150 Å². The van der Waals surface area contributed by atoms with Gasteiger partial charge in [0.1, 0.15) is 17.0 Å². The van der Waals surface area contributed by atoms with Gasteiger partial charge < -0.3 is 4.42 Å². The van der Waals surface area contributed by atoms with E-state index in [1.807, 2.05) is 0 Å². The quantitative estimate of drug-likeness (QED) is 0.197. The molecule has 0 spiro atoms. The van der Waals surface area contributed by atoms with E-state index in [1.54, 1.807) is 0 Å². The Morgan fingerprint density at radius 3 is 1.82 bits per heavy atom. The monoisotopic (exact) mass is 560 g/mol. The molecule has 0 saturated heterocycles. The van der Waals surface area contributed by atoms with E-state index in [-0.39, 0.29) is 0 Å². The van der Waals surface area contributed by atoms with Crippen molar-refractivity contribution >= 4 is 76.1 Å². The number of para-hydroxylation sites is 3. The lowest BCUT2D eigenvalue weighted by molar-refractivity contribution is 0.673. The zero-order valence-electron chi connectivity index (χ0n) is 23.7. The number of benzene rings is 8. The fourth-order valence-corrected chi connectivity index (χ4v) is 7.21. The highest BCUT2D eigenvalue weighted by molar-refractivity contribution is 6.25. The van der Waals surface area contributed by atoms with Gasteiger partial charge in [0, 0.05) is 21.8 Å². The van der Waals surface area contributed by atoms with Crippen molar-refractivity contribution in [3.8, 4) is 17.1 Å². The van der Waals surface area contributed by atoms with Gasteiger partial charge in [-0.1, -0.05) is 109 Å². The summed E-state index contributed by atoms with van der Waals surface area (Å²) >= 11 is 0. The van der Waals surface area contributed by atoms with Gasteiger partial charge in [-0.2, -0.15) is 0 Å². The van der Waals surface area contributed by atoms with Crippen LogP contribution in [0.25, 0.3) is 93.1 Å². The maximum absolute atomic E-state index is 6.76. The number of furan rings is 1. The topological polar surface area (TPSA) is 31.0 Å². The zero-order chi connectivity index (χ0) is 28.8. The third kappa shape index (κ3) is 3.18. The fraction of sp³-hybridized carbons (Fsp3) is 0. The van der Waals surface area contributed by atoms with Gasteiger partial charge in [-0.05, 0) is 74.1 Å². The lowest BCUT2D eigenvalue weighted by atomic mass is 9.94. The lowest BCUT2D eigenvalue weighted by Gasteiger charge is -2.14. The van der Waals surface area contributed by atoms with E-state index >= 15 is 0 Å². The molecule has 0 atom stereocenters. The summed E-state index contributed by atoms with van der Waals surface area (Å²) in [6, 6.07) is 51.8. The second kappa shape index (κ2) is 8.79. The summed E-state index contributed by atoms with van der Waals surface area (Å²) in [5.74, 6) is 0.865. The van der Waals surface area contributed by atoms with Crippen molar-refractivity contribution in [2.75, 3.05) is 0 Å². The second-order valence-electron chi connectivity index (χ2n) is 11.5. The molecule has 0 aliphatic heterocycles. The molecule has 2 aromatic heterocycles. The molecule has 0 fully saturated rings. The molecule has 0 N–H and O–H groups in total. The van der Waals surface area contributed by atoms with Crippen LogP contribution < -0.4 is 0 Å². The molecule has 3 nitrogen and oxygen atoms in total. The Kier molecular flexibility index (Phi) is 4.72. The third-order valence-electron chi connectivity index (χ3n) is 9.18. The summed E-state index contributed by atoms with van der Waals surface area (Å²) < 4.78 is 9.05. The summed E-state index contributed by atoms with van der Waals surface area (Å²) in [6.45, 7) is 0. The number of rotatable bonds is 2. The summed E-state index contributed by atoms with van der Waals surface area (Å²) in [6.07, 6.45) is 0. The molecular formula is C41H24N2O. The first-order valence-electron chi connectivity index (χ1n) is 15.0. The van der Waals surface area contributed by atoms with Gasteiger partial charge in [0.05, 0.1) is 16.6 Å². The van der Waals surface area contributed by atoms with Gasteiger partial charge in [-0.3, -0.25) is 4.57 Å². The minimum absolute atomic E-state index is 0.854. The van der Waals surface area contributed by atoms with Crippen molar-refractivity contribution in [3.63, 3.8) is 0 Å². The first kappa shape index (κ1) is 23.6. The number of hydrogen-bond acceptors (Lipinski definition) is 2. The summed E-state index contributed by atoms with van der Waals surface area (Å²) in [5, 5.41) is 12.0. The Labute approximate surface area is 252 Å². The van der Waals surface area contributed by atoms with Crippen molar-refractivity contribution in [3.05, 3.63) is 146 Å². The van der Waals surface area contributed by atoms with Crippen LogP contribution in [-0.2, 0) is 0 Å². The molecule has 8 aromatic carbocycles. The fourth-order valence-electron chi connectivity index (χ4n) is 7.21. The minimum atomic E-state index is 0.854. The van der Waals surface area contributed by atoms with Crippen molar-refractivity contribution in [2.24, 2.45) is 0 Å². The second-order valence-corrected chi connectivity index (χ2v) is 11.5. The molecule has 0 unspecified atom stereocenters. The highest BCUT2D eigenvalue weighted by Crippen LogP contribution is 2.41. The van der Waals surface area contributed by atoms with Gasteiger partial charge in [0.25, 0.3) is 0 Å². The molecule has 10 aromatic rings. The lowest BCUT2D eigenvalue weighted by Crippen LogP contribution is -1.98. The SMILES string of the molecule is c1ccc2c(c1)ccc1c3cccc(-c4nc5ccccc5n4-c4ccc5c6ccccc6c6ccccc6c5c4)c3oc21. The van der Waals surface area contributed by atoms with Crippen LogP contribution in [0.2, 0.25) is 0 Å². The molecule has 0 aliphatic carbocycles. The highest BCUT2D eigenvalue weighted by atomic mass is 16.3. The van der Waals surface area contributed by atoms with Gasteiger partial charge in [-0.25, -0.2) is 4.98 Å². The molecule has 10 rings (SSSR count). The van der Waals surface area contributed by atoms with Gasteiger partial charge in [0.15, 0.2) is 0 Å². The Balaban J connectivity index is 1.30. The standard InChI is InChI=1S/C41H24N2O/c1-2-11-27-25(10-1)20-22-34-33-16-9-17-35(40(33)44-39(27)34)41-42-37-18-7-8-19-38(37)43(41)26-21-23-32-30-14-4-3-12-28(30)29-13-5-6-15-31(29)36(32)24-26/h1-24H. The van der Waals surface area contributed by atoms with E-state index < -0.39 is 0 Å². The molecule has 0 radical (unpaired) electrons. The number of imidazole rings is 1. The maximum atomic E-state index is 6.76. The number of fused-ring (bicyclic) bond motifs is 12. The first-order valence-corrected chi connectivity index (χ1v) is 15.0. The van der Waals surface area contributed by atoms with Crippen LogP contribution in [0, 0.1) is 0 Å². The molecule has 204 valence electrons. The Morgan fingerprint density at radius 1 is 0.432 bits per heavy atom. The maximum Gasteiger partial charge on any atom is 0.149 e. The smallest absolute Gasteiger partial charge is 0.149 e. The van der Waals surface area contributed by atoms with Crippen LogP contribution >= 0.6 is 0 Å². The molecule has 0 saturated carbocycles. The van der Waals surface area contributed by atoms with Crippen LogP contribution in [0.4, 0.5) is 0 Å². The molecule has 0 amide bonds. The Morgan fingerprint density at radius 2 is 1.02 bits per heavy atom. The van der Waals surface area contributed by atoms with Crippen molar-refractivity contribution < 1.29 is 4.42 Å². The normalized spacial score (nSPS) is 12.1. The summed E-state index contributed by atoms with van der Waals surface area (Å²) in [5.41, 5.74) is 5.82. The molecule has 3 heteroatoms. The predicted octanol–water partition coefficient (Wildman–Crippen LogP) is 11.2. The van der Waals surface area contributed by atoms with Crippen LogP contribution in [0.15, 0.2) is 150 Å². The van der Waals surface area contributed by atoms with E-state index in [1.165, 1.54) is 37.7 Å². The van der Waals surface area contributed by atoms with E-state index in [9.17, 15) is 0 Å². The van der Waals surface area contributed by atoms with Crippen LogP contribution in [0.5, 0.6) is 0 Å². The minimum Gasteiger partial charge on any atom is -0.455 e. The summed E-state index contributed by atoms with van der Waals surface area (Å²) in [7, 11) is 0. The van der Waals surface area contributed by atoms with Crippen molar-refractivity contribution in [1.82, 2.24) is 9.55 Å². The molecular weight excluding hydrogens is 536 g/mol. The summed E-state index contributed by atoms with van der Waals surface area (Å²) in [4.78, 5) is 5.24. The van der Waals surface area contributed by atoms with Crippen LogP contribution in [0.1, 0.15) is 0 Å². The number of nitrogens with zero attached hydrogens (tertiary/aromatic N) is 2. The molecule has 44 heavy (non-hydrogen) atoms.